The maximum absolute atomic E-state index is 12.2. The number of nitrogens with one attached hydrogen (secondary N) is 1. The minimum atomic E-state index is -3.67. The van der Waals surface area contributed by atoms with Gasteiger partial charge in [0.05, 0.1) is 16.5 Å². The summed E-state index contributed by atoms with van der Waals surface area (Å²) >= 11 is 12.2. The highest BCUT2D eigenvalue weighted by Crippen LogP contribution is 2.21. The monoisotopic (exact) mass is 361 g/mol. The smallest absolute Gasteiger partial charge is 0.241 e. The van der Waals surface area contributed by atoms with Crippen molar-refractivity contribution in [2.24, 2.45) is 5.73 Å². The van der Waals surface area contributed by atoms with Gasteiger partial charge in [0.25, 0.3) is 0 Å². The van der Waals surface area contributed by atoms with Gasteiger partial charge >= 0.3 is 0 Å². The predicted octanol–water partition coefficient (Wildman–Crippen LogP) is 2.22. The van der Waals surface area contributed by atoms with E-state index in [9.17, 15) is 8.42 Å². The summed E-state index contributed by atoms with van der Waals surface area (Å²) in [6.45, 7) is 1.98. The van der Waals surface area contributed by atoms with E-state index in [1.165, 1.54) is 29.5 Å². The number of nitrogens with two attached hydrogens (primary N) is 1. The molecule has 1 aromatic heterocycles. The first kappa shape index (κ1) is 16.3. The van der Waals surface area contributed by atoms with Gasteiger partial charge < -0.3 is 5.73 Å². The van der Waals surface area contributed by atoms with E-state index in [-0.39, 0.29) is 21.5 Å². The van der Waals surface area contributed by atoms with Crippen LogP contribution in [0.4, 0.5) is 0 Å². The van der Waals surface area contributed by atoms with Gasteiger partial charge in [0.1, 0.15) is 10.00 Å². The van der Waals surface area contributed by atoms with E-state index >= 15 is 0 Å². The van der Waals surface area contributed by atoms with E-state index in [1.807, 2.05) is 12.3 Å². The number of hydrogen-bond donors (Lipinski definition) is 2. The third-order valence-electron chi connectivity index (χ3n) is 2.60. The minimum Gasteiger partial charge on any atom is -0.389 e. The Balaban J connectivity index is 2.19. The van der Waals surface area contributed by atoms with Crippen molar-refractivity contribution in [2.45, 2.75) is 18.4 Å². The van der Waals surface area contributed by atoms with Crippen LogP contribution < -0.4 is 10.5 Å². The molecule has 0 aliphatic carbocycles. The Kier molecular flexibility index (Phi) is 4.95. The van der Waals surface area contributed by atoms with E-state index in [0.29, 0.717) is 10.6 Å². The number of benzene rings is 1. The van der Waals surface area contributed by atoms with Crippen LogP contribution in [-0.4, -0.2) is 18.4 Å². The molecule has 0 aliphatic rings. The largest absolute Gasteiger partial charge is 0.389 e. The predicted molar refractivity (Wildman–Crippen MR) is 88.2 cm³/mol. The lowest BCUT2D eigenvalue weighted by atomic mass is 10.2. The van der Waals surface area contributed by atoms with Crippen molar-refractivity contribution < 1.29 is 8.42 Å². The molecule has 0 spiro atoms. The van der Waals surface area contributed by atoms with Crippen LogP contribution in [-0.2, 0) is 16.6 Å². The molecule has 5 nitrogen and oxygen atoms in total. The number of aryl methyl sites for hydroxylation is 1. The van der Waals surface area contributed by atoms with Gasteiger partial charge in [-0.1, -0.05) is 23.8 Å². The van der Waals surface area contributed by atoms with E-state index in [4.69, 9.17) is 29.6 Å². The third-order valence-corrected chi connectivity index (χ3v) is 5.49. The van der Waals surface area contributed by atoms with Crippen molar-refractivity contribution in [1.82, 2.24) is 9.71 Å². The van der Waals surface area contributed by atoms with E-state index in [1.54, 1.807) is 0 Å². The molecular weight excluding hydrogens is 350 g/mol. The van der Waals surface area contributed by atoms with Gasteiger partial charge in [0.2, 0.25) is 10.0 Å². The highest BCUT2D eigenvalue weighted by Gasteiger charge is 2.16. The Bertz CT molecular complexity index is 787. The van der Waals surface area contributed by atoms with Crippen LogP contribution in [0.5, 0.6) is 0 Å². The summed E-state index contributed by atoms with van der Waals surface area (Å²) in [7, 11) is -3.67. The Morgan fingerprint density at radius 2 is 2.24 bits per heavy atom. The summed E-state index contributed by atoms with van der Waals surface area (Å²) in [5.74, 6) is 0. The number of halogens is 1. The second-order valence-electron chi connectivity index (χ2n) is 4.21. The molecular formula is C12H12ClN3O2S3. The van der Waals surface area contributed by atoms with Crippen molar-refractivity contribution in [3.8, 4) is 0 Å². The number of rotatable bonds is 5. The van der Waals surface area contributed by atoms with Gasteiger partial charge in [0.15, 0.2) is 0 Å². The zero-order valence-electron chi connectivity index (χ0n) is 11.0. The van der Waals surface area contributed by atoms with E-state index < -0.39 is 10.0 Å². The molecule has 112 valence electrons. The lowest BCUT2D eigenvalue weighted by Gasteiger charge is -2.08. The Morgan fingerprint density at radius 3 is 2.76 bits per heavy atom. The van der Waals surface area contributed by atoms with Crippen molar-refractivity contribution in [2.75, 3.05) is 0 Å². The molecule has 21 heavy (non-hydrogen) atoms. The first-order chi connectivity index (χ1) is 9.79. The second kappa shape index (κ2) is 6.37. The average Bonchev–Trinajstić information content (AvgIpc) is 2.82. The molecule has 3 N–H and O–H groups in total. The zero-order chi connectivity index (χ0) is 15.6. The van der Waals surface area contributed by atoms with E-state index in [2.05, 4.69) is 9.71 Å². The summed E-state index contributed by atoms with van der Waals surface area (Å²) in [6, 6.07) is 4.23. The van der Waals surface area contributed by atoms with Gasteiger partial charge in [-0.05, 0) is 25.1 Å². The first-order valence-corrected chi connectivity index (χ1v) is 8.94. The summed E-state index contributed by atoms with van der Waals surface area (Å²) in [4.78, 5) is 4.37. The number of nitrogens with zero attached hydrogens (tertiary/aromatic N) is 1. The fraction of sp³-hybridized carbons (Fsp3) is 0.167. The molecule has 1 heterocycles. The van der Waals surface area contributed by atoms with Crippen LogP contribution in [0.3, 0.4) is 0 Å². The minimum absolute atomic E-state index is 0.0563. The number of aromatic nitrogens is 1. The summed E-state index contributed by atoms with van der Waals surface area (Å²) in [5.41, 5.74) is 6.79. The Labute approximate surface area is 137 Å². The molecule has 0 fully saturated rings. The molecule has 0 saturated carbocycles. The van der Waals surface area contributed by atoms with Gasteiger partial charge in [-0.25, -0.2) is 18.1 Å². The van der Waals surface area contributed by atoms with Crippen LogP contribution >= 0.6 is 35.2 Å². The molecule has 0 aliphatic heterocycles. The molecule has 0 unspecified atom stereocenters. The van der Waals surface area contributed by atoms with Crippen LogP contribution in [0.25, 0.3) is 0 Å². The summed E-state index contributed by atoms with van der Waals surface area (Å²) in [5, 5.41) is 2.76. The topological polar surface area (TPSA) is 85.1 Å². The zero-order valence-corrected chi connectivity index (χ0v) is 14.2. The lowest BCUT2D eigenvalue weighted by Crippen LogP contribution is -2.23. The molecule has 0 bridgehead atoms. The van der Waals surface area contributed by atoms with Crippen molar-refractivity contribution in [3.05, 3.63) is 44.9 Å². The standard InChI is InChI=1S/C12H12ClN3O2S3/c1-7-6-20-11(16-7)5-15-21(17,18)8-2-3-9(12(14)19)10(13)4-8/h2-4,6,15H,5H2,1H3,(H2,14,19). The summed E-state index contributed by atoms with van der Waals surface area (Å²) in [6.07, 6.45) is 0. The lowest BCUT2D eigenvalue weighted by molar-refractivity contribution is 0.581. The SMILES string of the molecule is Cc1csc(CNS(=O)(=O)c2ccc(C(N)=S)c(Cl)c2)n1. The quantitative estimate of drug-likeness (QED) is 0.797. The van der Waals surface area contributed by atoms with Crippen molar-refractivity contribution >= 4 is 50.2 Å². The van der Waals surface area contributed by atoms with Crippen molar-refractivity contribution in [1.29, 1.82) is 0 Å². The maximum atomic E-state index is 12.2. The van der Waals surface area contributed by atoms with Gasteiger partial charge in [0, 0.05) is 16.6 Å². The molecule has 9 heteroatoms. The Morgan fingerprint density at radius 1 is 1.52 bits per heavy atom. The van der Waals surface area contributed by atoms with Crippen LogP contribution in [0.1, 0.15) is 16.3 Å². The van der Waals surface area contributed by atoms with Gasteiger partial charge in [-0.3, -0.25) is 0 Å². The second-order valence-corrected chi connectivity index (χ2v) is 7.77. The molecule has 1 aromatic carbocycles. The summed E-state index contributed by atoms with van der Waals surface area (Å²) < 4.78 is 26.9. The third kappa shape index (κ3) is 3.98. The Hall–Kier alpha value is -1.06. The number of hydrogen-bond acceptors (Lipinski definition) is 5. The molecule has 2 rings (SSSR count). The fourth-order valence-electron chi connectivity index (χ4n) is 1.59. The van der Waals surface area contributed by atoms with Crippen LogP contribution in [0, 0.1) is 6.92 Å². The molecule has 0 atom stereocenters. The highest BCUT2D eigenvalue weighted by molar-refractivity contribution is 7.89. The van der Waals surface area contributed by atoms with Crippen LogP contribution in [0.15, 0.2) is 28.5 Å². The molecule has 0 saturated heterocycles. The van der Waals surface area contributed by atoms with Gasteiger partial charge in [-0.15, -0.1) is 11.3 Å². The maximum Gasteiger partial charge on any atom is 0.241 e. The highest BCUT2D eigenvalue weighted by atomic mass is 35.5. The van der Waals surface area contributed by atoms with Gasteiger partial charge in [-0.2, -0.15) is 0 Å². The number of thiocarbonyl (C=S) groups is 1. The van der Waals surface area contributed by atoms with E-state index in [0.717, 1.165) is 5.69 Å². The van der Waals surface area contributed by atoms with Crippen LogP contribution in [0.2, 0.25) is 5.02 Å². The van der Waals surface area contributed by atoms with Crippen molar-refractivity contribution in [3.63, 3.8) is 0 Å². The molecule has 0 amide bonds. The average molecular weight is 362 g/mol. The number of sulfonamides is 1. The first-order valence-electron chi connectivity index (χ1n) is 5.79. The molecule has 2 aromatic rings. The fourth-order valence-corrected chi connectivity index (χ4v) is 3.98. The normalized spacial score (nSPS) is 11.5. The number of thiazole rings is 1. The molecule has 0 radical (unpaired) electrons.